The molecule has 0 aromatic heterocycles. The number of esters is 1. The summed E-state index contributed by atoms with van der Waals surface area (Å²) in [6.07, 6.45) is 1.01. The minimum Gasteiger partial charge on any atom is -0.444 e. The van der Waals surface area contributed by atoms with Crippen LogP contribution >= 0.6 is 0 Å². The van der Waals surface area contributed by atoms with Crippen LogP contribution in [0.5, 0.6) is 0 Å². The highest BCUT2D eigenvalue weighted by Gasteiger charge is 2.31. The Morgan fingerprint density at radius 3 is 2.31 bits per heavy atom. The van der Waals surface area contributed by atoms with E-state index in [2.05, 4.69) is 5.32 Å². The summed E-state index contributed by atoms with van der Waals surface area (Å²) in [6.45, 7) is 0. The minimum absolute atomic E-state index is 0.202. The number of benzene rings is 3. The first-order valence-corrected chi connectivity index (χ1v) is 8.76. The maximum Gasteiger partial charge on any atom is 0.339 e. The van der Waals surface area contributed by atoms with Crippen LogP contribution < -0.4 is 5.32 Å². The number of ether oxygens (including phenoxy) is 1. The van der Waals surface area contributed by atoms with Crippen molar-refractivity contribution in [2.24, 2.45) is 0 Å². The summed E-state index contributed by atoms with van der Waals surface area (Å²) in [5.41, 5.74) is 1.10. The number of amides is 1. The van der Waals surface area contributed by atoms with E-state index in [9.17, 15) is 9.59 Å². The third-order valence-corrected chi connectivity index (χ3v) is 4.47. The standard InChI is InChI=1S/C22H19NO3/c24-21(23-19-12-13-19)20(16-7-2-1-3-8-16)26-22(25)18-11-10-15-6-4-5-9-17(15)14-18/h1-11,14,19-20H,12-13H2,(H,23,24)/t20-/m1/s1. The van der Waals surface area contributed by atoms with Crippen molar-refractivity contribution >= 4 is 22.6 Å². The molecule has 1 fully saturated rings. The molecule has 26 heavy (non-hydrogen) atoms. The molecule has 3 aromatic rings. The van der Waals surface area contributed by atoms with Crippen LogP contribution in [0.2, 0.25) is 0 Å². The topological polar surface area (TPSA) is 55.4 Å². The van der Waals surface area contributed by atoms with Gasteiger partial charge in [0.2, 0.25) is 6.10 Å². The SMILES string of the molecule is O=C(O[C@@H](C(=O)NC1CC1)c1ccccc1)c1ccc2ccccc2c1. The molecule has 1 amide bonds. The van der Waals surface area contributed by atoms with E-state index >= 15 is 0 Å². The summed E-state index contributed by atoms with van der Waals surface area (Å²) in [6, 6.07) is 22.5. The van der Waals surface area contributed by atoms with Crippen molar-refractivity contribution < 1.29 is 14.3 Å². The van der Waals surface area contributed by atoms with Gasteiger partial charge in [0.15, 0.2) is 0 Å². The van der Waals surface area contributed by atoms with Crippen molar-refractivity contribution in [1.29, 1.82) is 0 Å². The van der Waals surface area contributed by atoms with Crippen molar-refractivity contribution in [3.63, 3.8) is 0 Å². The summed E-state index contributed by atoms with van der Waals surface area (Å²) in [7, 11) is 0. The average Bonchev–Trinajstić information content (AvgIpc) is 3.50. The average molecular weight is 345 g/mol. The highest BCUT2D eigenvalue weighted by Crippen LogP contribution is 2.25. The van der Waals surface area contributed by atoms with Crippen LogP contribution in [0.1, 0.15) is 34.9 Å². The number of hydrogen-bond donors (Lipinski definition) is 1. The van der Waals surface area contributed by atoms with E-state index < -0.39 is 12.1 Å². The Bertz CT molecular complexity index is 948. The molecule has 130 valence electrons. The smallest absolute Gasteiger partial charge is 0.339 e. The molecule has 1 saturated carbocycles. The molecule has 0 radical (unpaired) electrons. The van der Waals surface area contributed by atoms with Gasteiger partial charge in [-0.2, -0.15) is 0 Å². The van der Waals surface area contributed by atoms with Crippen LogP contribution in [0.4, 0.5) is 0 Å². The van der Waals surface area contributed by atoms with E-state index in [1.165, 1.54) is 0 Å². The lowest BCUT2D eigenvalue weighted by Gasteiger charge is -2.18. The van der Waals surface area contributed by atoms with Crippen molar-refractivity contribution in [1.82, 2.24) is 5.32 Å². The van der Waals surface area contributed by atoms with Gasteiger partial charge >= 0.3 is 5.97 Å². The van der Waals surface area contributed by atoms with Crippen molar-refractivity contribution in [2.45, 2.75) is 25.0 Å². The minimum atomic E-state index is -0.948. The van der Waals surface area contributed by atoms with Crippen molar-refractivity contribution in [3.8, 4) is 0 Å². The van der Waals surface area contributed by atoms with Gasteiger partial charge in [0.25, 0.3) is 5.91 Å². The highest BCUT2D eigenvalue weighted by atomic mass is 16.5. The van der Waals surface area contributed by atoms with Gasteiger partial charge in [-0.25, -0.2) is 4.79 Å². The molecule has 4 nitrogen and oxygen atoms in total. The molecule has 0 aliphatic heterocycles. The Morgan fingerprint density at radius 1 is 0.885 bits per heavy atom. The normalized spacial score (nSPS) is 14.6. The van der Waals surface area contributed by atoms with E-state index in [0.717, 1.165) is 23.6 Å². The number of fused-ring (bicyclic) bond motifs is 1. The van der Waals surface area contributed by atoms with E-state index in [0.29, 0.717) is 11.1 Å². The first-order valence-electron chi connectivity index (χ1n) is 8.76. The molecule has 0 unspecified atom stereocenters. The summed E-state index contributed by atoms with van der Waals surface area (Å²) < 4.78 is 5.61. The van der Waals surface area contributed by atoms with Gasteiger partial charge in [0.05, 0.1) is 5.56 Å². The zero-order valence-electron chi connectivity index (χ0n) is 14.2. The Kier molecular flexibility index (Phi) is 4.40. The van der Waals surface area contributed by atoms with Gasteiger partial charge in [-0.3, -0.25) is 4.79 Å². The third-order valence-electron chi connectivity index (χ3n) is 4.47. The largest absolute Gasteiger partial charge is 0.444 e. The molecular weight excluding hydrogens is 326 g/mol. The second-order valence-electron chi connectivity index (χ2n) is 6.54. The molecule has 1 atom stereocenters. The maximum atomic E-state index is 12.7. The summed E-state index contributed by atoms with van der Waals surface area (Å²) in [5, 5.41) is 4.93. The van der Waals surface area contributed by atoms with Gasteiger partial charge in [-0.1, -0.05) is 60.7 Å². The molecule has 0 heterocycles. The van der Waals surface area contributed by atoms with Gasteiger partial charge in [0.1, 0.15) is 0 Å². The van der Waals surface area contributed by atoms with E-state index in [-0.39, 0.29) is 11.9 Å². The number of carbonyl (C=O) groups excluding carboxylic acids is 2. The molecule has 0 spiro atoms. The quantitative estimate of drug-likeness (QED) is 0.711. The first-order chi connectivity index (χ1) is 12.7. The van der Waals surface area contributed by atoms with Crippen LogP contribution in [0.15, 0.2) is 72.8 Å². The number of nitrogens with one attached hydrogen (secondary N) is 1. The van der Waals surface area contributed by atoms with Crippen LogP contribution in [0.25, 0.3) is 10.8 Å². The zero-order chi connectivity index (χ0) is 17.9. The second-order valence-corrected chi connectivity index (χ2v) is 6.54. The molecule has 1 aliphatic rings. The van der Waals surface area contributed by atoms with Crippen molar-refractivity contribution in [2.75, 3.05) is 0 Å². The van der Waals surface area contributed by atoms with Gasteiger partial charge in [0, 0.05) is 11.6 Å². The molecule has 4 heteroatoms. The lowest BCUT2D eigenvalue weighted by Crippen LogP contribution is -2.33. The summed E-state index contributed by atoms with van der Waals surface area (Å²) in [4.78, 5) is 25.3. The van der Waals surface area contributed by atoms with Crippen LogP contribution in [-0.4, -0.2) is 17.9 Å². The molecule has 0 bridgehead atoms. The highest BCUT2D eigenvalue weighted by molar-refractivity contribution is 5.97. The number of rotatable bonds is 5. The first kappa shape index (κ1) is 16.3. The fourth-order valence-corrected chi connectivity index (χ4v) is 2.90. The van der Waals surface area contributed by atoms with Gasteiger partial charge < -0.3 is 10.1 Å². The maximum absolute atomic E-state index is 12.7. The van der Waals surface area contributed by atoms with Crippen LogP contribution in [0, 0.1) is 0 Å². The Labute approximate surface area is 151 Å². The lowest BCUT2D eigenvalue weighted by atomic mass is 10.1. The van der Waals surface area contributed by atoms with Gasteiger partial charge in [-0.05, 0) is 35.7 Å². The van der Waals surface area contributed by atoms with Gasteiger partial charge in [-0.15, -0.1) is 0 Å². The Balaban J connectivity index is 1.59. The number of hydrogen-bond acceptors (Lipinski definition) is 3. The molecular formula is C22H19NO3. The van der Waals surface area contributed by atoms with E-state index in [4.69, 9.17) is 4.74 Å². The van der Waals surface area contributed by atoms with Crippen LogP contribution in [-0.2, 0) is 9.53 Å². The lowest BCUT2D eigenvalue weighted by molar-refractivity contribution is -0.130. The zero-order valence-corrected chi connectivity index (χ0v) is 14.2. The second kappa shape index (κ2) is 7.00. The Hall–Kier alpha value is -3.14. The predicted octanol–water partition coefficient (Wildman–Crippen LogP) is 4.02. The monoisotopic (exact) mass is 345 g/mol. The molecule has 1 N–H and O–H groups in total. The molecule has 1 aliphatic carbocycles. The summed E-state index contributed by atoms with van der Waals surface area (Å²) in [5.74, 6) is -0.775. The molecule has 0 saturated heterocycles. The molecule has 3 aromatic carbocycles. The predicted molar refractivity (Wildman–Crippen MR) is 99.7 cm³/mol. The fraction of sp³-hybridized carbons (Fsp3) is 0.182. The summed E-state index contributed by atoms with van der Waals surface area (Å²) >= 11 is 0. The fourth-order valence-electron chi connectivity index (χ4n) is 2.90. The van der Waals surface area contributed by atoms with Crippen molar-refractivity contribution in [3.05, 3.63) is 83.9 Å². The van der Waals surface area contributed by atoms with E-state index in [1.54, 1.807) is 24.3 Å². The van der Waals surface area contributed by atoms with Crippen LogP contribution in [0.3, 0.4) is 0 Å². The Morgan fingerprint density at radius 2 is 1.58 bits per heavy atom. The molecule has 4 rings (SSSR count). The third kappa shape index (κ3) is 3.59. The number of carbonyl (C=O) groups is 2. The van der Waals surface area contributed by atoms with E-state index in [1.807, 2.05) is 48.5 Å².